The van der Waals surface area contributed by atoms with Gasteiger partial charge in [0.2, 0.25) is 6.29 Å². The van der Waals surface area contributed by atoms with Crippen LogP contribution in [0.1, 0.15) is 0 Å². The second kappa shape index (κ2) is 6.38. The molecule has 1 aliphatic rings. The van der Waals surface area contributed by atoms with Gasteiger partial charge in [-0.2, -0.15) is 0 Å². The molecule has 18 heavy (non-hydrogen) atoms. The third-order valence-electron chi connectivity index (χ3n) is 2.53. The van der Waals surface area contributed by atoms with Crippen LogP contribution < -0.4 is 0 Å². The van der Waals surface area contributed by atoms with Crippen molar-refractivity contribution in [1.82, 2.24) is 0 Å². The Bertz CT molecular complexity index is 281. The molecule has 0 bridgehead atoms. The summed E-state index contributed by atoms with van der Waals surface area (Å²) in [6.07, 6.45) is -9.67. The lowest BCUT2D eigenvalue weighted by Gasteiger charge is -2.39. The topological polar surface area (TPSA) is 157 Å². The van der Waals surface area contributed by atoms with Crippen LogP contribution in [0.15, 0.2) is 0 Å². The quantitative estimate of drug-likeness (QED) is 0.277. The number of aliphatic hydroxyl groups is 6. The average molecular weight is 268 g/mol. The predicted octanol–water partition coefficient (Wildman–Crippen LogP) is -4.32. The zero-order chi connectivity index (χ0) is 13.9. The van der Waals surface area contributed by atoms with Crippen molar-refractivity contribution in [2.75, 3.05) is 13.2 Å². The lowest BCUT2D eigenvalue weighted by atomic mass is 9.99. The van der Waals surface area contributed by atoms with Gasteiger partial charge in [-0.25, -0.2) is 4.79 Å². The van der Waals surface area contributed by atoms with Gasteiger partial charge in [0.05, 0.1) is 13.2 Å². The number of ether oxygens (including phenoxy) is 2. The van der Waals surface area contributed by atoms with Gasteiger partial charge in [0.1, 0.15) is 24.4 Å². The fraction of sp³-hybridized carbons (Fsp3) is 0.889. The summed E-state index contributed by atoms with van der Waals surface area (Å²) < 4.78 is 9.35. The second-order valence-electron chi connectivity index (χ2n) is 3.83. The standard InChI is InChI=1S/C9H16O9/c10-1-3(12)8(16)18-9-7(15)6(14)5(13)4(2-11)17-9/h3-7,9-15H,1-2H2/t3?,4-,5-,6+,7+,9-/m1/s1. The molecule has 1 saturated heterocycles. The average Bonchev–Trinajstić information content (AvgIpc) is 2.38. The van der Waals surface area contributed by atoms with Crippen LogP contribution in [0.5, 0.6) is 0 Å². The maximum absolute atomic E-state index is 11.1. The minimum Gasteiger partial charge on any atom is -0.431 e. The van der Waals surface area contributed by atoms with Crippen LogP contribution in [-0.2, 0) is 14.3 Å². The van der Waals surface area contributed by atoms with Crippen molar-refractivity contribution in [3.05, 3.63) is 0 Å². The first kappa shape index (κ1) is 15.2. The van der Waals surface area contributed by atoms with Crippen LogP contribution in [0.25, 0.3) is 0 Å². The zero-order valence-corrected chi connectivity index (χ0v) is 9.29. The van der Waals surface area contributed by atoms with Crippen molar-refractivity contribution in [3.8, 4) is 0 Å². The number of carbonyl (C=O) groups excluding carboxylic acids is 1. The molecule has 0 saturated carbocycles. The van der Waals surface area contributed by atoms with Crippen molar-refractivity contribution in [1.29, 1.82) is 0 Å². The molecular formula is C9H16O9. The van der Waals surface area contributed by atoms with Gasteiger partial charge in [0.15, 0.2) is 6.10 Å². The maximum Gasteiger partial charge on any atom is 0.339 e. The zero-order valence-electron chi connectivity index (χ0n) is 9.29. The summed E-state index contributed by atoms with van der Waals surface area (Å²) in [6.45, 7) is -1.54. The summed E-state index contributed by atoms with van der Waals surface area (Å²) in [7, 11) is 0. The predicted molar refractivity (Wildman–Crippen MR) is 53.0 cm³/mol. The summed E-state index contributed by atoms with van der Waals surface area (Å²) >= 11 is 0. The van der Waals surface area contributed by atoms with Crippen molar-refractivity contribution >= 4 is 5.97 Å². The number of hydrogen-bond donors (Lipinski definition) is 6. The molecule has 0 spiro atoms. The lowest BCUT2D eigenvalue weighted by molar-refractivity contribution is -0.294. The Kier molecular flexibility index (Phi) is 5.41. The molecule has 0 aromatic rings. The molecule has 1 aliphatic heterocycles. The van der Waals surface area contributed by atoms with Gasteiger partial charge >= 0.3 is 5.97 Å². The van der Waals surface area contributed by atoms with E-state index in [1.807, 2.05) is 0 Å². The molecule has 1 rings (SSSR count). The highest BCUT2D eigenvalue weighted by Gasteiger charge is 2.45. The third kappa shape index (κ3) is 3.14. The minimum atomic E-state index is -1.81. The normalized spacial score (nSPS) is 38.2. The van der Waals surface area contributed by atoms with Gasteiger partial charge in [-0.15, -0.1) is 0 Å². The monoisotopic (exact) mass is 268 g/mol. The van der Waals surface area contributed by atoms with E-state index in [1.165, 1.54) is 0 Å². The van der Waals surface area contributed by atoms with E-state index in [9.17, 15) is 20.1 Å². The van der Waals surface area contributed by atoms with Crippen LogP contribution in [0, 0.1) is 0 Å². The minimum absolute atomic E-state index is 0.665. The Hall–Kier alpha value is -0.810. The van der Waals surface area contributed by atoms with Gasteiger partial charge in [0, 0.05) is 0 Å². The summed E-state index contributed by atoms with van der Waals surface area (Å²) in [5, 5.41) is 54.6. The van der Waals surface area contributed by atoms with Crippen LogP contribution in [0.2, 0.25) is 0 Å². The molecule has 0 radical (unpaired) electrons. The molecule has 6 atom stereocenters. The Morgan fingerprint density at radius 1 is 1.17 bits per heavy atom. The second-order valence-corrected chi connectivity index (χ2v) is 3.83. The molecule has 6 N–H and O–H groups in total. The van der Waals surface area contributed by atoms with Crippen LogP contribution in [0.4, 0.5) is 0 Å². The number of carbonyl (C=O) groups is 1. The van der Waals surface area contributed by atoms with Crippen molar-refractivity contribution in [3.63, 3.8) is 0 Å². The summed E-state index contributed by atoms with van der Waals surface area (Å²) in [4.78, 5) is 11.1. The molecule has 9 nitrogen and oxygen atoms in total. The van der Waals surface area contributed by atoms with E-state index in [0.29, 0.717) is 0 Å². The first-order valence-corrected chi connectivity index (χ1v) is 5.22. The van der Waals surface area contributed by atoms with Gasteiger partial charge in [-0.05, 0) is 0 Å². The van der Waals surface area contributed by atoms with E-state index in [0.717, 1.165) is 0 Å². The van der Waals surface area contributed by atoms with E-state index in [1.54, 1.807) is 0 Å². The van der Waals surface area contributed by atoms with Crippen molar-refractivity contribution < 1.29 is 44.9 Å². The van der Waals surface area contributed by atoms with Crippen molar-refractivity contribution in [2.24, 2.45) is 0 Å². The van der Waals surface area contributed by atoms with E-state index in [2.05, 4.69) is 4.74 Å². The summed E-state index contributed by atoms with van der Waals surface area (Å²) in [6, 6.07) is 0. The first-order chi connectivity index (χ1) is 8.42. The smallest absolute Gasteiger partial charge is 0.339 e. The lowest BCUT2D eigenvalue weighted by Crippen LogP contribution is -2.59. The Labute approximate surface area is 102 Å². The fourth-order valence-corrected chi connectivity index (χ4v) is 1.43. The van der Waals surface area contributed by atoms with Gasteiger partial charge in [-0.1, -0.05) is 0 Å². The SMILES string of the molecule is O=C(O[C@H]1O[C@H](CO)[C@@H](O)[C@H](O)[C@@H]1O)C(O)CO. The molecule has 106 valence electrons. The third-order valence-corrected chi connectivity index (χ3v) is 2.53. The highest BCUT2D eigenvalue weighted by atomic mass is 16.7. The molecule has 0 aliphatic carbocycles. The molecule has 0 amide bonds. The molecular weight excluding hydrogens is 252 g/mol. The molecule has 0 aromatic carbocycles. The van der Waals surface area contributed by atoms with E-state index >= 15 is 0 Å². The number of esters is 1. The number of hydrogen-bond acceptors (Lipinski definition) is 9. The highest BCUT2D eigenvalue weighted by Crippen LogP contribution is 2.22. The Morgan fingerprint density at radius 3 is 2.28 bits per heavy atom. The maximum atomic E-state index is 11.1. The van der Waals surface area contributed by atoms with Gasteiger partial charge in [0.25, 0.3) is 0 Å². The summed E-state index contributed by atoms with van der Waals surface area (Å²) in [5.74, 6) is -1.26. The molecule has 9 heteroatoms. The van der Waals surface area contributed by atoms with E-state index < -0.39 is 56.0 Å². The summed E-state index contributed by atoms with van der Waals surface area (Å²) in [5.41, 5.74) is 0. The molecule has 1 unspecified atom stereocenters. The van der Waals surface area contributed by atoms with E-state index in [4.69, 9.17) is 20.1 Å². The molecule has 1 heterocycles. The first-order valence-electron chi connectivity index (χ1n) is 5.22. The van der Waals surface area contributed by atoms with Gasteiger partial charge in [-0.3, -0.25) is 0 Å². The van der Waals surface area contributed by atoms with Gasteiger partial charge < -0.3 is 40.1 Å². The highest BCUT2D eigenvalue weighted by molar-refractivity contribution is 5.74. The molecule has 1 fully saturated rings. The van der Waals surface area contributed by atoms with Crippen LogP contribution in [-0.4, -0.2) is 86.6 Å². The number of rotatable bonds is 4. The van der Waals surface area contributed by atoms with Crippen LogP contribution in [0.3, 0.4) is 0 Å². The Morgan fingerprint density at radius 2 is 1.78 bits per heavy atom. The van der Waals surface area contributed by atoms with E-state index in [-0.39, 0.29) is 0 Å². The molecule has 0 aromatic heterocycles. The largest absolute Gasteiger partial charge is 0.431 e. The Balaban J connectivity index is 2.67. The van der Waals surface area contributed by atoms with Crippen LogP contribution >= 0.6 is 0 Å². The van der Waals surface area contributed by atoms with Crippen molar-refractivity contribution in [2.45, 2.75) is 36.8 Å². The fourth-order valence-electron chi connectivity index (χ4n) is 1.43. The number of aliphatic hydroxyl groups excluding tert-OH is 6.